The van der Waals surface area contributed by atoms with Gasteiger partial charge in [-0.3, -0.25) is 9.59 Å². The summed E-state index contributed by atoms with van der Waals surface area (Å²) >= 11 is 2.21. The van der Waals surface area contributed by atoms with Gasteiger partial charge in [-0.05, 0) is 45.9 Å². The van der Waals surface area contributed by atoms with E-state index in [-0.39, 0.29) is 0 Å². The molecule has 126 valence electrons. The zero-order chi connectivity index (χ0) is 17.5. The second kappa shape index (κ2) is 8.79. The Morgan fingerprint density at radius 1 is 1.12 bits per heavy atom. The molecule has 6 heteroatoms. The van der Waals surface area contributed by atoms with Crippen LogP contribution >= 0.6 is 22.6 Å². The number of nitrogens with two attached hydrogens (primary N) is 1. The largest absolute Gasteiger partial charge is 0.368 e. The number of rotatable bonds is 7. The summed E-state index contributed by atoms with van der Waals surface area (Å²) < 4.78 is 6.38. The average Bonchev–Trinajstić information content (AvgIpc) is 2.57. The van der Waals surface area contributed by atoms with Crippen molar-refractivity contribution in [2.24, 2.45) is 5.73 Å². The molecule has 3 N–H and O–H groups in total. The summed E-state index contributed by atoms with van der Waals surface area (Å²) in [7, 11) is 1.45. The van der Waals surface area contributed by atoms with Gasteiger partial charge in [0, 0.05) is 17.1 Å². The zero-order valence-electron chi connectivity index (χ0n) is 13.2. The number of benzene rings is 2. The van der Waals surface area contributed by atoms with Gasteiger partial charge in [0.2, 0.25) is 5.91 Å². The first-order valence-corrected chi connectivity index (χ1v) is 8.51. The summed E-state index contributed by atoms with van der Waals surface area (Å²) in [6.45, 7) is 0. The fourth-order valence-corrected chi connectivity index (χ4v) is 2.71. The number of carbonyl (C=O) groups is 2. The predicted octanol–water partition coefficient (Wildman–Crippen LogP) is 2.19. The van der Waals surface area contributed by atoms with Gasteiger partial charge in [-0.2, -0.15) is 0 Å². The molecule has 0 unspecified atom stereocenters. The van der Waals surface area contributed by atoms with Gasteiger partial charge < -0.3 is 15.8 Å². The molecule has 0 radical (unpaired) electrons. The van der Waals surface area contributed by atoms with E-state index in [0.29, 0.717) is 6.42 Å². The van der Waals surface area contributed by atoms with Gasteiger partial charge in [-0.15, -0.1) is 0 Å². The molecule has 24 heavy (non-hydrogen) atoms. The first-order valence-electron chi connectivity index (χ1n) is 7.43. The topological polar surface area (TPSA) is 81.4 Å². The molecule has 0 bridgehead atoms. The normalized spacial score (nSPS) is 13.1. The van der Waals surface area contributed by atoms with Gasteiger partial charge in [0.25, 0.3) is 5.91 Å². The number of ether oxygens (including phenoxy) is 1. The maximum Gasteiger partial charge on any atom is 0.254 e. The maximum atomic E-state index is 12.5. The van der Waals surface area contributed by atoms with Gasteiger partial charge in [0.1, 0.15) is 6.04 Å². The molecule has 0 saturated carbocycles. The summed E-state index contributed by atoms with van der Waals surface area (Å²) in [5.74, 6) is -0.970. The summed E-state index contributed by atoms with van der Waals surface area (Å²) in [6, 6.07) is 16.0. The Morgan fingerprint density at radius 3 is 2.29 bits per heavy atom. The van der Waals surface area contributed by atoms with Crippen LogP contribution in [0.3, 0.4) is 0 Å². The van der Waals surface area contributed by atoms with E-state index < -0.39 is 24.0 Å². The number of amides is 2. The predicted molar refractivity (Wildman–Crippen MR) is 100 cm³/mol. The van der Waals surface area contributed by atoms with Gasteiger partial charge >= 0.3 is 0 Å². The molecule has 0 heterocycles. The number of hydrogen-bond acceptors (Lipinski definition) is 3. The third kappa shape index (κ3) is 5.04. The summed E-state index contributed by atoms with van der Waals surface area (Å²) in [5.41, 5.74) is 7.09. The third-order valence-electron chi connectivity index (χ3n) is 3.59. The Kier molecular flexibility index (Phi) is 6.74. The van der Waals surface area contributed by atoms with Crippen molar-refractivity contribution in [3.63, 3.8) is 0 Å². The van der Waals surface area contributed by atoms with Crippen LogP contribution in [-0.4, -0.2) is 25.0 Å². The Morgan fingerprint density at radius 2 is 1.75 bits per heavy atom. The van der Waals surface area contributed by atoms with E-state index in [2.05, 4.69) is 27.9 Å². The fraction of sp³-hybridized carbons (Fsp3) is 0.222. The Hall–Kier alpha value is -1.93. The molecule has 0 spiro atoms. The lowest BCUT2D eigenvalue weighted by Gasteiger charge is -2.20. The van der Waals surface area contributed by atoms with Crippen LogP contribution in [0, 0.1) is 3.57 Å². The molecule has 0 saturated heterocycles. The quantitative estimate of drug-likeness (QED) is 0.651. The van der Waals surface area contributed by atoms with Crippen molar-refractivity contribution in [3.05, 3.63) is 69.3 Å². The summed E-state index contributed by atoms with van der Waals surface area (Å²) in [6.07, 6.45) is -0.451. The lowest BCUT2D eigenvalue weighted by Crippen LogP contribution is -2.47. The van der Waals surface area contributed by atoms with Crippen molar-refractivity contribution in [3.8, 4) is 0 Å². The molecule has 0 aliphatic carbocycles. The molecule has 2 rings (SSSR count). The molecule has 0 aliphatic heterocycles. The standard InChI is InChI=1S/C18H19IN2O3/c1-24-16(13-5-3-2-4-6-13)18(23)21-15(17(20)22)11-12-7-9-14(19)10-8-12/h2-10,15-16H,11H2,1H3,(H2,20,22)(H,21,23)/t15-,16-/m1/s1. The molecule has 0 aliphatic rings. The summed E-state index contributed by atoms with van der Waals surface area (Å²) in [5, 5.41) is 2.69. The highest BCUT2D eigenvalue weighted by atomic mass is 127. The minimum atomic E-state index is -0.793. The van der Waals surface area contributed by atoms with Crippen LogP contribution in [0.4, 0.5) is 0 Å². The van der Waals surface area contributed by atoms with Crippen LogP contribution in [0.25, 0.3) is 0 Å². The van der Waals surface area contributed by atoms with E-state index >= 15 is 0 Å². The Bertz CT molecular complexity index is 689. The molecular formula is C18H19IN2O3. The molecular weight excluding hydrogens is 419 g/mol. The highest BCUT2D eigenvalue weighted by molar-refractivity contribution is 14.1. The minimum absolute atomic E-state index is 0.337. The van der Waals surface area contributed by atoms with Gasteiger partial charge in [-0.25, -0.2) is 0 Å². The number of halogens is 1. The van der Waals surface area contributed by atoms with Crippen molar-refractivity contribution in [1.82, 2.24) is 5.32 Å². The lowest BCUT2D eigenvalue weighted by molar-refractivity contribution is -0.134. The number of carbonyl (C=O) groups excluding carboxylic acids is 2. The van der Waals surface area contributed by atoms with Crippen molar-refractivity contribution in [1.29, 1.82) is 0 Å². The third-order valence-corrected chi connectivity index (χ3v) is 4.31. The van der Waals surface area contributed by atoms with Crippen LogP contribution in [0.5, 0.6) is 0 Å². The van der Waals surface area contributed by atoms with E-state index in [9.17, 15) is 9.59 Å². The fourth-order valence-electron chi connectivity index (χ4n) is 2.35. The van der Waals surface area contributed by atoms with Gasteiger partial charge in [0.15, 0.2) is 6.10 Å². The Labute approximate surface area is 154 Å². The highest BCUT2D eigenvalue weighted by Crippen LogP contribution is 2.17. The number of nitrogens with one attached hydrogen (secondary N) is 1. The van der Waals surface area contributed by atoms with Crippen LogP contribution in [0.15, 0.2) is 54.6 Å². The molecule has 5 nitrogen and oxygen atoms in total. The van der Waals surface area contributed by atoms with Crippen molar-refractivity contribution >= 4 is 34.4 Å². The average molecular weight is 438 g/mol. The molecule has 2 aromatic rings. The van der Waals surface area contributed by atoms with Crippen LogP contribution in [0.2, 0.25) is 0 Å². The number of methoxy groups -OCH3 is 1. The molecule has 0 aromatic heterocycles. The first kappa shape index (κ1) is 18.4. The highest BCUT2D eigenvalue weighted by Gasteiger charge is 2.25. The molecule has 2 atom stereocenters. The summed E-state index contributed by atoms with van der Waals surface area (Å²) in [4.78, 5) is 24.2. The van der Waals surface area contributed by atoms with E-state index in [4.69, 9.17) is 10.5 Å². The second-order valence-corrected chi connectivity index (χ2v) is 6.57. The van der Waals surface area contributed by atoms with E-state index in [1.54, 1.807) is 12.1 Å². The minimum Gasteiger partial charge on any atom is -0.368 e. The molecule has 2 amide bonds. The molecule has 2 aromatic carbocycles. The van der Waals surface area contributed by atoms with Crippen LogP contribution < -0.4 is 11.1 Å². The number of hydrogen-bond donors (Lipinski definition) is 2. The monoisotopic (exact) mass is 438 g/mol. The smallest absolute Gasteiger partial charge is 0.254 e. The molecule has 0 fully saturated rings. The van der Waals surface area contributed by atoms with Gasteiger partial charge in [0.05, 0.1) is 0 Å². The van der Waals surface area contributed by atoms with Crippen LogP contribution in [-0.2, 0) is 20.7 Å². The second-order valence-electron chi connectivity index (χ2n) is 5.32. The van der Waals surface area contributed by atoms with Crippen molar-refractivity contribution in [2.75, 3.05) is 7.11 Å². The lowest BCUT2D eigenvalue weighted by atomic mass is 10.0. The van der Waals surface area contributed by atoms with Crippen LogP contribution in [0.1, 0.15) is 17.2 Å². The maximum absolute atomic E-state index is 12.5. The van der Waals surface area contributed by atoms with E-state index in [1.807, 2.05) is 42.5 Å². The Balaban J connectivity index is 2.10. The number of primary amides is 1. The van der Waals surface area contributed by atoms with E-state index in [0.717, 1.165) is 14.7 Å². The SMILES string of the molecule is CO[C@@H](C(=O)N[C@H](Cc1ccc(I)cc1)C(N)=O)c1ccccc1. The van der Waals surface area contributed by atoms with Crippen molar-refractivity contribution < 1.29 is 14.3 Å². The van der Waals surface area contributed by atoms with E-state index in [1.165, 1.54) is 7.11 Å². The van der Waals surface area contributed by atoms with Gasteiger partial charge in [-0.1, -0.05) is 42.5 Å². The zero-order valence-corrected chi connectivity index (χ0v) is 15.4. The first-order chi connectivity index (χ1) is 11.5. The van der Waals surface area contributed by atoms with Crippen molar-refractivity contribution in [2.45, 2.75) is 18.6 Å².